The number of anilines is 1. The van der Waals surface area contributed by atoms with E-state index in [0.29, 0.717) is 63.7 Å². The van der Waals surface area contributed by atoms with Crippen LogP contribution < -0.4 is 11.1 Å². The monoisotopic (exact) mass is 1280 g/mol. The Labute approximate surface area is 494 Å². The Hall–Kier alpha value is -8.37. The molecular weight excluding hydrogens is 1220 g/mol. The van der Waals surface area contributed by atoms with E-state index in [4.69, 9.17) is 22.8 Å². The van der Waals surface area contributed by atoms with E-state index in [9.17, 15) is 28.0 Å². The minimum atomic E-state index is -0.570. The van der Waals surface area contributed by atoms with Crippen molar-refractivity contribution < 1.29 is 39.8 Å². The second kappa shape index (κ2) is 34.6. The number of carbonyl (C=O) groups is 2. The normalized spacial score (nSPS) is 15.2. The molecular formula is C55H56CuF3IN18O2P. The van der Waals surface area contributed by atoms with Crippen LogP contribution in [0.5, 0.6) is 0 Å². The fraction of sp³-hybridized carbons (Fsp3) is 0.255. The second-order valence-electron chi connectivity index (χ2n) is 17.3. The van der Waals surface area contributed by atoms with E-state index >= 15 is 0 Å². The number of halogens is 4. The van der Waals surface area contributed by atoms with Crippen LogP contribution in [0.4, 0.5) is 19.0 Å². The van der Waals surface area contributed by atoms with Gasteiger partial charge in [-0.15, -0.1) is 0 Å². The molecule has 2 aliphatic rings. The van der Waals surface area contributed by atoms with Crippen molar-refractivity contribution in [1.29, 1.82) is 15.8 Å². The number of para-hydroxylation sites is 2. The van der Waals surface area contributed by atoms with Crippen molar-refractivity contribution in [2.45, 2.75) is 71.6 Å². The van der Waals surface area contributed by atoms with Crippen LogP contribution in [-0.4, -0.2) is 116 Å². The molecule has 4 atom stereocenters. The number of likely N-dealkylation sites (tertiary alicyclic amines) is 2. The van der Waals surface area contributed by atoms with E-state index in [2.05, 4.69) is 88.1 Å². The van der Waals surface area contributed by atoms with Crippen LogP contribution >= 0.6 is 31.6 Å². The Morgan fingerprint density at radius 3 is 1.52 bits per heavy atom. The maximum Gasteiger partial charge on any atom is 1.00 e. The van der Waals surface area contributed by atoms with Gasteiger partial charge in [-0.25, -0.2) is 19.9 Å². The number of nitrogens with two attached hydrogens (primary N) is 1. The zero-order valence-corrected chi connectivity index (χ0v) is 48.8. The van der Waals surface area contributed by atoms with Gasteiger partial charge < -0.3 is 32.7 Å². The maximum atomic E-state index is 13.3. The van der Waals surface area contributed by atoms with Crippen molar-refractivity contribution in [3.8, 4) is 23.5 Å². The van der Waals surface area contributed by atoms with E-state index in [0.717, 1.165) is 22.0 Å². The van der Waals surface area contributed by atoms with Gasteiger partial charge >= 0.3 is 17.1 Å². The molecule has 8 aromatic rings. The standard InChI is InChI=1S/C21H21N7O.C14H17N5O.C7H5FN2.C6H5FIN.C5H4FN.CH4NP.CN.Cu/c1-14-11-17(26-20-15(2)16(12-22)7-8-23-20)13-27(14)21(29)18-5-3-4-6-19(18)28-24-9-10-25-28;1-10-8-11(15)9-18(10)14(20)12-4-2-3-5-13(12)19-16-6-7-17-19;1-5-6(4-9)2-3-10-7(5)8;1-4-5(8)2-3-9-6(4)7;6-5-3-1-2-4-7-5;1-2-3;1-2;/h3-10,14,17H,11,13H2,1-2H3,(H,23,26);2-7,10-11H,8-9,15H2,1H3;2-3H,1H3;2-3H,1H3;1-4H;3H,1H3;;/q;;;;;;-1;+1/t14-,17-;10-,11-;;;;;;/m11....../s1. The van der Waals surface area contributed by atoms with Crippen molar-refractivity contribution in [2.24, 2.45) is 10.5 Å². The molecule has 26 heteroatoms. The summed E-state index contributed by atoms with van der Waals surface area (Å²) >= 11 is 2.07. The first-order valence-corrected chi connectivity index (χ1v) is 25.8. The zero-order valence-electron chi connectivity index (χ0n) is 44.7. The molecule has 81 heavy (non-hydrogen) atoms. The Bertz CT molecular complexity index is 3350. The minimum Gasteiger partial charge on any atom is -0.512 e. The van der Waals surface area contributed by atoms with Crippen LogP contribution in [-0.2, 0) is 17.1 Å². The van der Waals surface area contributed by atoms with E-state index in [-0.39, 0.29) is 59.0 Å². The van der Waals surface area contributed by atoms with Crippen LogP contribution in [0.3, 0.4) is 0 Å². The maximum absolute atomic E-state index is 13.3. The molecule has 2 fully saturated rings. The van der Waals surface area contributed by atoms with Gasteiger partial charge in [0.15, 0.2) is 0 Å². The van der Waals surface area contributed by atoms with Gasteiger partial charge in [0, 0.05) is 89.4 Å². The van der Waals surface area contributed by atoms with Crippen LogP contribution in [0, 0.1) is 76.7 Å². The number of hydrogen-bond acceptors (Lipinski definition) is 16. The van der Waals surface area contributed by atoms with Crippen LogP contribution in [0.25, 0.3) is 11.4 Å². The summed E-state index contributed by atoms with van der Waals surface area (Å²) in [4.78, 5) is 47.2. The van der Waals surface area contributed by atoms with E-state index in [1.807, 2.05) is 73.0 Å². The molecule has 0 bridgehead atoms. The van der Waals surface area contributed by atoms with Crippen LogP contribution in [0.2, 0.25) is 0 Å². The predicted octanol–water partition coefficient (Wildman–Crippen LogP) is 9.18. The number of pyridine rings is 4. The van der Waals surface area contributed by atoms with E-state index in [1.54, 1.807) is 81.4 Å². The molecule has 0 aliphatic carbocycles. The first kappa shape index (κ1) is 66.9. The summed E-state index contributed by atoms with van der Waals surface area (Å²) in [6, 6.07) is 28.6. The number of aromatic nitrogens is 10. The molecule has 0 spiro atoms. The third kappa shape index (κ3) is 19.4. The van der Waals surface area contributed by atoms with Gasteiger partial charge in [0.2, 0.25) is 17.8 Å². The fourth-order valence-corrected chi connectivity index (χ4v) is 8.26. The summed E-state index contributed by atoms with van der Waals surface area (Å²) in [7, 11) is 4.47. The number of amides is 2. The largest absolute Gasteiger partial charge is 1.00 e. The van der Waals surface area contributed by atoms with Gasteiger partial charge in [0.1, 0.15) is 5.82 Å². The first-order chi connectivity index (χ1) is 38.5. The fourth-order valence-electron chi connectivity index (χ4n) is 7.88. The Morgan fingerprint density at radius 2 is 1.10 bits per heavy atom. The molecule has 2 saturated heterocycles. The third-order valence-corrected chi connectivity index (χ3v) is 13.0. The molecule has 6 aromatic heterocycles. The molecule has 20 nitrogen and oxygen atoms in total. The number of nitriles is 2. The topological polar surface area (TPSA) is 275 Å². The van der Waals surface area contributed by atoms with Gasteiger partial charge in [0.25, 0.3) is 11.8 Å². The molecule has 10 rings (SSSR count). The molecule has 0 radical (unpaired) electrons. The van der Waals surface area contributed by atoms with Crippen molar-refractivity contribution in [3.63, 3.8) is 0 Å². The first-order valence-electron chi connectivity index (χ1n) is 24.3. The number of nitrogens with zero attached hydrogens (tertiary/aromatic N) is 16. The average molecular weight is 1280 g/mol. The zero-order chi connectivity index (χ0) is 58.7. The molecule has 0 saturated carbocycles. The third-order valence-electron chi connectivity index (χ3n) is 11.9. The number of rotatable bonds is 6. The summed E-state index contributed by atoms with van der Waals surface area (Å²) < 4.78 is 41.0. The summed E-state index contributed by atoms with van der Waals surface area (Å²) in [5, 5.41) is 43.8. The average Bonchev–Trinajstić information content (AvgIpc) is 4.33. The Balaban J connectivity index is 0.000000285. The van der Waals surface area contributed by atoms with Gasteiger partial charge in [-0.05, 0) is 134 Å². The number of carbonyl (C=O) groups excluding carboxylic acids is 2. The second-order valence-corrected chi connectivity index (χ2v) is 18.9. The summed E-state index contributed by atoms with van der Waals surface area (Å²) in [6.45, 7) is 15.1. The molecule has 422 valence electrons. The number of nitrogens with one attached hydrogen (secondary N) is 1. The van der Waals surface area contributed by atoms with Crippen LogP contribution in [0.1, 0.15) is 75.2 Å². The van der Waals surface area contributed by atoms with E-state index < -0.39 is 11.9 Å². The van der Waals surface area contributed by atoms with Gasteiger partial charge in [0.05, 0.1) is 70.6 Å². The van der Waals surface area contributed by atoms with Crippen LogP contribution in [0.15, 0.2) is 139 Å². The van der Waals surface area contributed by atoms with Crippen molar-refractivity contribution in [2.75, 3.05) is 25.5 Å². The summed E-state index contributed by atoms with van der Waals surface area (Å²) in [5.74, 6) is -0.747. The van der Waals surface area contributed by atoms with Gasteiger partial charge in [-0.2, -0.15) is 53.7 Å². The SMILES string of the molecule is CN=P.C[C@@H]1C[C@@H](N)CN1C(=O)c1ccccc1-n1nccn1.Cc1c(C#N)ccnc1F.Cc1c(C#N)ccnc1N[C@@H]1C[C@@H](C)N(C(=O)c2ccccc2-n2nccn2)C1.Cc1c(I)ccnc1F.Fc1ccccn1.[C-]#N.[Cu+]. The molecule has 2 amide bonds. The molecule has 2 aliphatic heterocycles. The summed E-state index contributed by atoms with van der Waals surface area (Å²) in [6.07, 6.45) is 13.8. The van der Waals surface area contributed by atoms with Gasteiger partial charge in [-0.1, -0.05) is 30.3 Å². The molecule has 0 unspecified atom stereocenters. The smallest absolute Gasteiger partial charge is 0.512 e. The molecule has 8 heterocycles. The number of benzene rings is 2. The molecule has 2 aromatic carbocycles. The molecule has 3 N–H and O–H groups in total. The minimum absolute atomic E-state index is 0. The van der Waals surface area contributed by atoms with Crippen molar-refractivity contribution in [1.82, 2.24) is 59.7 Å². The quantitative estimate of drug-likeness (QED) is 0.0516. The summed E-state index contributed by atoms with van der Waals surface area (Å²) in [5.41, 5.74) is 11.2. The van der Waals surface area contributed by atoms with E-state index in [1.165, 1.54) is 47.2 Å². The van der Waals surface area contributed by atoms with Crippen molar-refractivity contribution in [3.05, 3.63) is 201 Å². The van der Waals surface area contributed by atoms with Crippen molar-refractivity contribution >= 4 is 49.3 Å². The predicted molar refractivity (Wildman–Crippen MR) is 303 cm³/mol. The van der Waals surface area contributed by atoms with Gasteiger partial charge in [-0.3, -0.25) is 14.3 Å². The Kier molecular flexibility index (Phi) is 28.6. The number of hydrogen-bond donors (Lipinski definition) is 2. The Morgan fingerprint density at radius 1 is 0.654 bits per heavy atom.